The van der Waals surface area contributed by atoms with Crippen LogP contribution in [0.4, 0.5) is 9.80 Å². The maximum Gasteiger partial charge on any atom is 0.322 e. The van der Waals surface area contributed by atoms with E-state index in [-0.39, 0.29) is 12.1 Å². The predicted octanol–water partition coefficient (Wildman–Crippen LogP) is 2.42. The lowest BCUT2D eigenvalue weighted by molar-refractivity contribution is 0.0288. The normalized spacial score (nSPS) is 24.0. The van der Waals surface area contributed by atoms with Gasteiger partial charge in [-0.3, -0.25) is 10.2 Å². The number of thioether (sulfide) groups is 1. The van der Waals surface area contributed by atoms with E-state index in [0.717, 1.165) is 62.3 Å². The molecule has 2 saturated heterocycles. The van der Waals surface area contributed by atoms with E-state index in [0.29, 0.717) is 0 Å². The van der Waals surface area contributed by atoms with Gasteiger partial charge in [0.05, 0.1) is 24.3 Å². The number of nitrogens with one attached hydrogen (secondary N) is 1. The van der Waals surface area contributed by atoms with E-state index in [1.807, 2.05) is 34.2 Å². The van der Waals surface area contributed by atoms with Gasteiger partial charge in [-0.2, -0.15) is 11.8 Å². The highest BCUT2D eigenvalue weighted by atomic mass is 32.2. The molecule has 2 aliphatic rings. The van der Waals surface area contributed by atoms with Crippen molar-refractivity contribution in [2.24, 2.45) is 0 Å². The number of anilines is 1. The minimum atomic E-state index is 0.0446. The Labute approximate surface area is 140 Å². The number of hydrogen-bond acceptors (Lipinski definition) is 5. The standard InChI is InChI=1S/C15H23N3O2S2/c19-15(16-14-3-1-10-22-14)18-4-2-9-21-12-13(18)11-17-5-7-20-8-6-17/h1,3,10,13H,2,4-9,11-12H2,(H,16,19)/t13-/m1/s1. The van der Waals surface area contributed by atoms with Gasteiger partial charge in [0, 0.05) is 31.9 Å². The molecule has 1 N–H and O–H groups in total. The van der Waals surface area contributed by atoms with E-state index in [1.54, 1.807) is 11.3 Å². The summed E-state index contributed by atoms with van der Waals surface area (Å²) in [4.78, 5) is 17.1. The lowest BCUT2D eigenvalue weighted by atomic mass is 10.2. The molecule has 2 amide bonds. The van der Waals surface area contributed by atoms with Gasteiger partial charge in [-0.05, 0) is 29.7 Å². The van der Waals surface area contributed by atoms with Crippen LogP contribution in [0.3, 0.4) is 0 Å². The molecule has 2 aliphatic heterocycles. The largest absolute Gasteiger partial charge is 0.379 e. The number of urea groups is 1. The van der Waals surface area contributed by atoms with Gasteiger partial charge in [-0.1, -0.05) is 0 Å². The van der Waals surface area contributed by atoms with Crippen molar-refractivity contribution in [3.63, 3.8) is 0 Å². The number of rotatable bonds is 3. The summed E-state index contributed by atoms with van der Waals surface area (Å²) in [5.41, 5.74) is 0. The number of morpholine rings is 1. The van der Waals surface area contributed by atoms with Crippen LogP contribution in [0.1, 0.15) is 6.42 Å². The van der Waals surface area contributed by atoms with E-state index in [1.165, 1.54) is 0 Å². The average molecular weight is 342 g/mol. The predicted molar refractivity (Wildman–Crippen MR) is 93.0 cm³/mol. The van der Waals surface area contributed by atoms with Gasteiger partial charge in [0.25, 0.3) is 0 Å². The molecule has 122 valence electrons. The summed E-state index contributed by atoms with van der Waals surface area (Å²) in [6.45, 7) is 5.36. The Hall–Kier alpha value is -0.760. The van der Waals surface area contributed by atoms with Crippen LogP contribution in [-0.2, 0) is 4.74 Å². The molecule has 7 heteroatoms. The first-order valence-electron chi connectivity index (χ1n) is 7.82. The summed E-state index contributed by atoms with van der Waals surface area (Å²) in [7, 11) is 0. The topological polar surface area (TPSA) is 44.8 Å². The molecule has 5 nitrogen and oxygen atoms in total. The molecule has 0 bridgehead atoms. The molecule has 0 aromatic carbocycles. The molecule has 1 aromatic heterocycles. The fourth-order valence-electron chi connectivity index (χ4n) is 2.86. The number of carbonyl (C=O) groups excluding carboxylic acids is 1. The van der Waals surface area contributed by atoms with Crippen molar-refractivity contribution in [3.8, 4) is 0 Å². The van der Waals surface area contributed by atoms with E-state index >= 15 is 0 Å². The van der Waals surface area contributed by atoms with Crippen molar-refractivity contribution < 1.29 is 9.53 Å². The molecule has 0 radical (unpaired) electrons. The Bertz CT molecular complexity index is 463. The van der Waals surface area contributed by atoms with Crippen LogP contribution >= 0.6 is 23.1 Å². The zero-order valence-electron chi connectivity index (χ0n) is 12.7. The lowest BCUT2D eigenvalue weighted by Gasteiger charge is -2.35. The van der Waals surface area contributed by atoms with E-state index in [9.17, 15) is 4.79 Å². The number of hydrogen-bond donors (Lipinski definition) is 1. The number of carbonyl (C=O) groups is 1. The highest BCUT2D eigenvalue weighted by molar-refractivity contribution is 7.99. The van der Waals surface area contributed by atoms with Crippen molar-refractivity contribution in [2.45, 2.75) is 12.5 Å². The second-order valence-electron chi connectivity index (χ2n) is 5.60. The van der Waals surface area contributed by atoms with E-state index in [4.69, 9.17) is 4.74 Å². The maximum atomic E-state index is 12.6. The summed E-state index contributed by atoms with van der Waals surface area (Å²) in [5.74, 6) is 2.16. The zero-order valence-corrected chi connectivity index (χ0v) is 14.3. The monoisotopic (exact) mass is 341 g/mol. The molecule has 0 aliphatic carbocycles. The SMILES string of the molecule is O=C(Nc1cccs1)N1CCCSC[C@H]1CN1CCOCC1. The molecule has 1 atom stereocenters. The first-order valence-corrected chi connectivity index (χ1v) is 9.85. The Balaban J connectivity index is 1.62. The van der Waals surface area contributed by atoms with Crippen molar-refractivity contribution in [3.05, 3.63) is 17.5 Å². The average Bonchev–Trinajstić information content (AvgIpc) is 2.93. The van der Waals surface area contributed by atoms with Gasteiger partial charge in [0.1, 0.15) is 0 Å². The van der Waals surface area contributed by atoms with Crippen LogP contribution < -0.4 is 5.32 Å². The van der Waals surface area contributed by atoms with Gasteiger partial charge >= 0.3 is 6.03 Å². The highest BCUT2D eigenvalue weighted by Crippen LogP contribution is 2.21. The summed E-state index contributed by atoms with van der Waals surface area (Å²) >= 11 is 3.53. The van der Waals surface area contributed by atoms with Crippen LogP contribution in [0.5, 0.6) is 0 Å². The quantitative estimate of drug-likeness (QED) is 0.917. The Kier molecular flexibility index (Phi) is 6.00. The molecule has 22 heavy (non-hydrogen) atoms. The number of amides is 2. The second-order valence-corrected chi connectivity index (χ2v) is 7.69. The molecule has 0 spiro atoms. The van der Waals surface area contributed by atoms with Crippen LogP contribution in [-0.4, -0.2) is 72.8 Å². The number of thiophene rings is 1. The minimum Gasteiger partial charge on any atom is -0.379 e. The maximum absolute atomic E-state index is 12.6. The van der Waals surface area contributed by atoms with E-state index in [2.05, 4.69) is 10.2 Å². The summed E-state index contributed by atoms with van der Waals surface area (Å²) < 4.78 is 5.42. The number of nitrogens with zero attached hydrogens (tertiary/aromatic N) is 2. The van der Waals surface area contributed by atoms with Crippen molar-refractivity contribution >= 4 is 34.1 Å². The van der Waals surface area contributed by atoms with Gasteiger partial charge in [0.2, 0.25) is 0 Å². The number of ether oxygens (including phenoxy) is 1. The smallest absolute Gasteiger partial charge is 0.322 e. The van der Waals surface area contributed by atoms with E-state index < -0.39 is 0 Å². The van der Waals surface area contributed by atoms with Crippen molar-refractivity contribution in [1.82, 2.24) is 9.80 Å². The third kappa shape index (κ3) is 4.38. The van der Waals surface area contributed by atoms with Crippen LogP contribution in [0.25, 0.3) is 0 Å². The van der Waals surface area contributed by atoms with Gasteiger partial charge in [0.15, 0.2) is 0 Å². The van der Waals surface area contributed by atoms with Crippen LogP contribution in [0, 0.1) is 0 Å². The molecule has 0 saturated carbocycles. The minimum absolute atomic E-state index is 0.0446. The molecule has 3 rings (SSSR count). The fourth-order valence-corrected chi connectivity index (χ4v) is 4.52. The van der Waals surface area contributed by atoms with Gasteiger partial charge < -0.3 is 9.64 Å². The Morgan fingerprint density at radius 1 is 1.36 bits per heavy atom. The second kappa shape index (κ2) is 8.19. The van der Waals surface area contributed by atoms with Crippen LogP contribution in [0.15, 0.2) is 17.5 Å². The first-order chi connectivity index (χ1) is 10.8. The molecular weight excluding hydrogens is 318 g/mol. The molecule has 0 unspecified atom stereocenters. The Morgan fingerprint density at radius 2 is 2.23 bits per heavy atom. The molecule has 3 heterocycles. The molecule has 2 fully saturated rings. The summed E-state index contributed by atoms with van der Waals surface area (Å²) in [6.07, 6.45) is 1.07. The highest BCUT2D eigenvalue weighted by Gasteiger charge is 2.28. The Morgan fingerprint density at radius 3 is 3.00 bits per heavy atom. The summed E-state index contributed by atoms with van der Waals surface area (Å²) in [5, 5.41) is 5.95. The zero-order chi connectivity index (χ0) is 15.2. The van der Waals surface area contributed by atoms with Crippen LogP contribution in [0.2, 0.25) is 0 Å². The third-order valence-electron chi connectivity index (χ3n) is 4.02. The van der Waals surface area contributed by atoms with Crippen molar-refractivity contribution in [1.29, 1.82) is 0 Å². The summed E-state index contributed by atoms with van der Waals surface area (Å²) in [6, 6.07) is 4.24. The molecule has 1 aromatic rings. The van der Waals surface area contributed by atoms with Gasteiger partial charge in [-0.25, -0.2) is 4.79 Å². The first kappa shape index (κ1) is 16.1. The molecular formula is C15H23N3O2S2. The fraction of sp³-hybridized carbons (Fsp3) is 0.667. The van der Waals surface area contributed by atoms with Gasteiger partial charge in [-0.15, -0.1) is 11.3 Å². The van der Waals surface area contributed by atoms with Crippen molar-refractivity contribution in [2.75, 3.05) is 56.2 Å². The third-order valence-corrected chi connectivity index (χ3v) is 6.01. The lowest BCUT2D eigenvalue weighted by Crippen LogP contribution is -2.51.